The number of benzene rings is 2. The number of methoxy groups -OCH3 is 2. The lowest BCUT2D eigenvalue weighted by Gasteiger charge is -2.07. The molecule has 0 radical (unpaired) electrons. The van der Waals surface area contributed by atoms with Crippen molar-refractivity contribution in [1.29, 1.82) is 0 Å². The maximum absolute atomic E-state index is 8.72. The Hall–Kier alpha value is -2.57. The van der Waals surface area contributed by atoms with E-state index < -0.39 is 0 Å². The molecule has 30 heavy (non-hydrogen) atoms. The molecule has 4 rings (SSSR count). The van der Waals surface area contributed by atoms with Crippen LogP contribution in [0.5, 0.6) is 11.5 Å². The lowest BCUT2D eigenvalue weighted by molar-refractivity contribution is 0.162. The highest BCUT2D eigenvalue weighted by Gasteiger charge is 2.22. The predicted octanol–water partition coefficient (Wildman–Crippen LogP) is 4.50. The molecule has 2 aliphatic rings. The zero-order valence-corrected chi connectivity index (χ0v) is 18.5. The van der Waals surface area contributed by atoms with Crippen molar-refractivity contribution < 1.29 is 19.4 Å². The van der Waals surface area contributed by atoms with Crippen LogP contribution in [-0.2, 0) is 17.6 Å². The van der Waals surface area contributed by atoms with Crippen molar-refractivity contribution in [1.82, 2.24) is 0 Å². The van der Waals surface area contributed by atoms with E-state index in [1.807, 2.05) is 44.2 Å². The van der Waals surface area contributed by atoms with Crippen molar-refractivity contribution >= 4 is 5.71 Å². The lowest BCUT2D eigenvalue weighted by Crippen LogP contribution is -2.04. The number of rotatable bonds is 4. The molecular weight excluding hydrogens is 380 g/mol. The average Bonchev–Trinajstić information content (AvgIpc) is 3.38. The summed E-state index contributed by atoms with van der Waals surface area (Å²) in [5.74, 6) is 1.87. The SMILES string of the molecule is CCOCC.COc1cccc2c1CC/C2=N\O.COc1cccc2c1CCC2N. The Morgan fingerprint density at radius 3 is 2.13 bits per heavy atom. The first-order valence-corrected chi connectivity index (χ1v) is 10.5. The van der Waals surface area contributed by atoms with E-state index in [4.69, 9.17) is 25.2 Å². The molecule has 0 aliphatic heterocycles. The van der Waals surface area contributed by atoms with Crippen LogP contribution >= 0.6 is 0 Å². The topological polar surface area (TPSA) is 86.3 Å². The second kappa shape index (κ2) is 12.2. The highest BCUT2D eigenvalue weighted by Crippen LogP contribution is 2.35. The average molecular weight is 415 g/mol. The van der Waals surface area contributed by atoms with Crippen LogP contribution in [-0.4, -0.2) is 38.4 Å². The van der Waals surface area contributed by atoms with Gasteiger partial charge in [0, 0.05) is 30.4 Å². The molecular formula is C24H34N2O4. The molecule has 0 fully saturated rings. The van der Waals surface area contributed by atoms with Gasteiger partial charge in [0.25, 0.3) is 0 Å². The fourth-order valence-electron chi connectivity index (χ4n) is 3.82. The largest absolute Gasteiger partial charge is 0.496 e. The summed E-state index contributed by atoms with van der Waals surface area (Å²) in [7, 11) is 3.36. The number of ether oxygens (including phenoxy) is 3. The molecule has 0 amide bonds. The Balaban J connectivity index is 0.000000176. The first-order valence-electron chi connectivity index (χ1n) is 10.5. The number of hydrogen-bond acceptors (Lipinski definition) is 6. The van der Waals surface area contributed by atoms with Gasteiger partial charge in [-0.05, 0) is 62.8 Å². The Morgan fingerprint density at radius 1 is 0.933 bits per heavy atom. The van der Waals surface area contributed by atoms with Gasteiger partial charge in [0.15, 0.2) is 0 Å². The first kappa shape index (κ1) is 23.7. The molecule has 2 aliphatic carbocycles. The van der Waals surface area contributed by atoms with Gasteiger partial charge in [-0.15, -0.1) is 0 Å². The van der Waals surface area contributed by atoms with E-state index in [0.717, 1.165) is 67.2 Å². The van der Waals surface area contributed by atoms with Crippen LogP contribution in [0.15, 0.2) is 41.6 Å². The van der Waals surface area contributed by atoms with E-state index in [9.17, 15) is 0 Å². The standard InChI is InChI=1S/C10H11NO2.C10H13NO.C4H10O/c1-13-10-4-2-3-7-8(10)5-6-9(7)11-12;1-12-10-4-2-3-7-8(10)5-6-9(7)11;1-3-5-4-2/h2-4,12H,5-6H2,1H3;2-4,9H,5-6,11H2,1H3;3-4H2,1-2H3/b11-9+;;. The van der Waals surface area contributed by atoms with Gasteiger partial charge in [0.1, 0.15) is 11.5 Å². The summed E-state index contributed by atoms with van der Waals surface area (Å²) in [5.41, 5.74) is 11.4. The van der Waals surface area contributed by atoms with Crippen LogP contribution in [0.3, 0.4) is 0 Å². The van der Waals surface area contributed by atoms with Gasteiger partial charge < -0.3 is 25.2 Å². The van der Waals surface area contributed by atoms with Crippen LogP contribution in [0.2, 0.25) is 0 Å². The summed E-state index contributed by atoms with van der Waals surface area (Å²) >= 11 is 0. The normalized spacial score (nSPS) is 17.2. The zero-order valence-electron chi connectivity index (χ0n) is 18.5. The number of hydrogen-bond donors (Lipinski definition) is 2. The minimum Gasteiger partial charge on any atom is -0.496 e. The van der Waals surface area contributed by atoms with E-state index in [1.165, 1.54) is 11.1 Å². The Morgan fingerprint density at radius 2 is 1.57 bits per heavy atom. The molecule has 1 atom stereocenters. The second-order valence-electron chi connectivity index (χ2n) is 6.99. The highest BCUT2D eigenvalue weighted by molar-refractivity contribution is 6.04. The third-order valence-electron chi connectivity index (χ3n) is 5.30. The third-order valence-corrected chi connectivity index (χ3v) is 5.30. The summed E-state index contributed by atoms with van der Waals surface area (Å²) in [6.45, 7) is 5.67. The van der Waals surface area contributed by atoms with Crippen molar-refractivity contribution in [3.05, 3.63) is 58.7 Å². The predicted molar refractivity (Wildman–Crippen MR) is 120 cm³/mol. The van der Waals surface area contributed by atoms with Crippen LogP contribution in [0.25, 0.3) is 0 Å². The van der Waals surface area contributed by atoms with E-state index in [2.05, 4.69) is 11.2 Å². The van der Waals surface area contributed by atoms with Gasteiger partial charge in [0.05, 0.1) is 19.9 Å². The molecule has 1 unspecified atom stereocenters. The molecule has 0 saturated carbocycles. The molecule has 3 N–H and O–H groups in total. The van der Waals surface area contributed by atoms with Crippen molar-refractivity contribution in [2.45, 2.75) is 45.6 Å². The number of fused-ring (bicyclic) bond motifs is 2. The summed E-state index contributed by atoms with van der Waals surface area (Å²) in [5, 5.41) is 12.0. The van der Waals surface area contributed by atoms with Crippen LogP contribution in [0, 0.1) is 0 Å². The summed E-state index contributed by atoms with van der Waals surface area (Å²) < 4.78 is 15.3. The molecule has 0 heterocycles. The first-order chi connectivity index (χ1) is 14.6. The summed E-state index contributed by atoms with van der Waals surface area (Å²) in [6, 6.07) is 12.1. The van der Waals surface area contributed by atoms with Crippen LogP contribution in [0.4, 0.5) is 0 Å². The molecule has 2 aromatic rings. The highest BCUT2D eigenvalue weighted by atomic mass is 16.5. The second-order valence-corrected chi connectivity index (χ2v) is 6.99. The maximum Gasteiger partial charge on any atom is 0.122 e. The molecule has 0 aromatic heterocycles. The lowest BCUT2D eigenvalue weighted by atomic mass is 10.1. The van der Waals surface area contributed by atoms with Crippen molar-refractivity contribution in [2.75, 3.05) is 27.4 Å². The molecule has 0 saturated heterocycles. The smallest absolute Gasteiger partial charge is 0.122 e. The van der Waals surface area contributed by atoms with E-state index in [0.29, 0.717) is 0 Å². The number of nitrogens with two attached hydrogens (primary N) is 1. The van der Waals surface area contributed by atoms with E-state index >= 15 is 0 Å². The Bertz CT molecular complexity index is 834. The van der Waals surface area contributed by atoms with Gasteiger partial charge in [-0.25, -0.2) is 0 Å². The Kier molecular flexibility index (Phi) is 9.64. The molecule has 0 spiro atoms. The van der Waals surface area contributed by atoms with Gasteiger partial charge in [-0.2, -0.15) is 0 Å². The number of nitrogens with zero attached hydrogens (tertiary/aromatic N) is 1. The quantitative estimate of drug-likeness (QED) is 0.568. The van der Waals surface area contributed by atoms with Crippen LogP contribution < -0.4 is 15.2 Å². The molecule has 6 heteroatoms. The minimum absolute atomic E-state index is 0.218. The van der Waals surface area contributed by atoms with Gasteiger partial charge in [-0.1, -0.05) is 29.4 Å². The van der Waals surface area contributed by atoms with Gasteiger partial charge in [-0.3, -0.25) is 0 Å². The summed E-state index contributed by atoms with van der Waals surface area (Å²) in [4.78, 5) is 0. The third kappa shape index (κ3) is 5.74. The zero-order chi connectivity index (χ0) is 21.9. The van der Waals surface area contributed by atoms with Gasteiger partial charge >= 0.3 is 0 Å². The molecule has 0 bridgehead atoms. The van der Waals surface area contributed by atoms with E-state index in [-0.39, 0.29) is 6.04 Å². The van der Waals surface area contributed by atoms with Crippen molar-refractivity contribution in [3.63, 3.8) is 0 Å². The maximum atomic E-state index is 8.72. The van der Waals surface area contributed by atoms with Crippen LogP contribution in [0.1, 0.15) is 55.0 Å². The minimum atomic E-state index is 0.218. The molecule has 2 aromatic carbocycles. The molecule has 164 valence electrons. The van der Waals surface area contributed by atoms with Crippen molar-refractivity contribution in [3.8, 4) is 11.5 Å². The monoisotopic (exact) mass is 414 g/mol. The van der Waals surface area contributed by atoms with E-state index in [1.54, 1.807) is 14.2 Å². The van der Waals surface area contributed by atoms with Gasteiger partial charge in [0.2, 0.25) is 0 Å². The number of oxime groups is 1. The Labute approximate surface area is 179 Å². The summed E-state index contributed by atoms with van der Waals surface area (Å²) in [6.07, 6.45) is 3.81. The fourth-order valence-corrected chi connectivity index (χ4v) is 3.82. The fraction of sp³-hybridized carbons (Fsp3) is 0.458. The van der Waals surface area contributed by atoms with Crippen molar-refractivity contribution in [2.24, 2.45) is 10.9 Å². The molecule has 6 nitrogen and oxygen atoms in total.